The van der Waals surface area contributed by atoms with E-state index in [0.29, 0.717) is 22.6 Å². The standard InChI is InChI=1S/C34H33F3O2/c1-2-9-22-16-18-24(19-17-22)34(27-12-5-8-15-32(27)37)28(25-10-3-6-13-30(25)35)20-23(33(38)39)21-29(34)26-11-4-7-14-31(26)36/h3-8,10-15,20-24H,2,9,16-19H2,1H3,(H,38,39). The van der Waals surface area contributed by atoms with Gasteiger partial charge in [0, 0.05) is 16.7 Å². The quantitative estimate of drug-likeness (QED) is 0.331. The number of hydrogen-bond donors (Lipinski definition) is 1. The van der Waals surface area contributed by atoms with Gasteiger partial charge in [0.05, 0.1) is 11.3 Å². The van der Waals surface area contributed by atoms with Gasteiger partial charge in [-0.15, -0.1) is 0 Å². The van der Waals surface area contributed by atoms with Crippen LogP contribution >= 0.6 is 0 Å². The van der Waals surface area contributed by atoms with Crippen molar-refractivity contribution in [2.75, 3.05) is 0 Å². The molecule has 1 saturated carbocycles. The summed E-state index contributed by atoms with van der Waals surface area (Å²) in [6.07, 6.45) is 8.59. The second-order valence-electron chi connectivity index (χ2n) is 10.8. The lowest BCUT2D eigenvalue weighted by Crippen LogP contribution is -2.43. The average molecular weight is 531 g/mol. The molecule has 0 aromatic heterocycles. The highest BCUT2D eigenvalue weighted by molar-refractivity contribution is 5.98. The Kier molecular flexibility index (Phi) is 7.79. The summed E-state index contributed by atoms with van der Waals surface area (Å²) in [7, 11) is 0. The number of carboxylic acid groups (broad SMARTS) is 1. The van der Waals surface area contributed by atoms with Crippen LogP contribution in [0.15, 0.2) is 84.9 Å². The maximum atomic E-state index is 16.0. The molecule has 39 heavy (non-hydrogen) atoms. The van der Waals surface area contributed by atoms with E-state index in [4.69, 9.17) is 0 Å². The Hall–Kier alpha value is -3.60. The van der Waals surface area contributed by atoms with Gasteiger partial charge in [-0.1, -0.05) is 99.4 Å². The molecule has 2 aliphatic rings. The highest BCUT2D eigenvalue weighted by atomic mass is 19.1. The number of allylic oxidation sites excluding steroid dienone is 2. The van der Waals surface area contributed by atoms with Gasteiger partial charge in [0.2, 0.25) is 0 Å². The SMILES string of the molecule is CCCC1CCC(C2(c3ccccc3F)C(c3ccccc3F)=CC(C(=O)O)C=C2c2ccccc2F)CC1. The zero-order chi connectivity index (χ0) is 27.6. The summed E-state index contributed by atoms with van der Waals surface area (Å²) in [5, 5.41) is 10.2. The molecule has 5 heteroatoms. The number of halogens is 3. The molecular weight excluding hydrogens is 497 g/mol. The highest BCUT2D eigenvalue weighted by Crippen LogP contribution is 2.60. The van der Waals surface area contributed by atoms with Crippen molar-refractivity contribution in [3.63, 3.8) is 0 Å². The van der Waals surface area contributed by atoms with Crippen molar-refractivity contribution in [2.45, 2.75) is 50.9 Å². The minimum atomic E-state index is -1.29. The van der Waals surface area contributed by atoms with Crippen LogP contribution in [-0.4, -0.2) is 11.1 Å². The third-order valence-corrected chi connectivity index (χ3v) is 8.61. The lowest BCUT2D eigenvalue weighted by atomic mass is 9.52. The van der Waals surface area contributed by atoms with E-state index in [-0.39, 0.29) is 17.0 Å². The molecule has 0 aliphatic heterocycles. The first-order valence-electron chi connectivity index (χ1n) is 13.8. The summed E-state index contributed by atoms with van der Waals surface area (Å²) in [4.78, 5) is 12.4. The van der Waals surface area contributed by atoms with Gasteiger partial charge in [-0.25, -0.2) is 13.2 Å². The molecule has 0 unspecified atom stereocenters. The Balaban J connectivity index is 1.87. The van der Waals surface area contributed by atoms with E-state index in [0.717, 1.165) is 38.5 Å². The first-order chi connectivity index (χ1) is 18.9. The molecule has 1 N–H and O–H groups in total. The third-order valence-electron chi connectivity index (χ3n) is 8.61. The largest absolute Gasteiger partial charge is 0.481 e. The zero-order valence-corrected chi connectivity index (χ0v) is 22.0. The predicted molar refractivity (Wildman–Crippen MR) is 148 cm³/mol. The number of aliphatic carboxylic acids is 1. The van der Waals surface area contributed by atoms with Crippen LogP contribution in [0.1, 0.15) is 62.1 Å². The van der Waals surface area contributed by atoms with Crippen LogP contribution in [0.4, 0.5) is 13.2 Å². The third kappa shape index (κ3) is 4.84. The molecule has 2 aliphatic carbocycles. The van der Waals surface area contributed by atoms with Crippen molar-refractivity contribution >= 4 is 17.1 Å². The molecule has 0 saturated heterocycles. The predicted octanol–water partition coefficient (Wildman–Crippen LogP) is 8.83. The average Bonchev–Trinajstić information content (AvgIpc) is 2.94. The Morgan fingerprint density at radius 1 is 0.769 bits per heavy atom. The first-order valence-corrected chi connectivity index (χ1v) is 13.8. The van der Waals surface area contributed by atoms with Gasteiger partial charge in [-0.05, 0) is 54.0 Å². The number of benzene rings is 3. The van der Waals surface area contributed by atoms with E-state index in [1.165, 1.54) is 18.2 Å². The molecule has 2 nitrogen and oxygen atoms in total. The van der Waals surface area contributed by atoms with Crippen molar-refractivity contribution < 1.29 is 23.1 Å². The van der Waals surface area contributed by atoms with Gasteiger partial charge in [0.15, 0.2) is 0 Å². The van der Waals surface area contributed by atoms with Crippen molar-refractivity contribution in [3.05, 3.63) is 119 Å². The van der Waals surface area contributed by atoms with Crippen molar-refractivity contribution in [1.29, 1.82) is 0 Å². The molecule has 0 bridgehead atoms. The lowest BCUT2D eigenvalue weighted by Gasteiger charge is -2.50. The van der Waals surface area contributed by atoms with Crippen molar-refractivity contribution in [2.24, 2.45) is 17.8 Å². The van der Waals surface area contributed by atoms with E-state index in [2.05, 4.69) is 6.92 Å². The smallest absolute Gasteiger partial charge is 0.314 e. The molecule has 3 aromatic carbocycles. The molecule has 0 heterocycles. The van der Waals surface area contributed by atoms with Crippen LogP contribution in [0.25, 0.3) is 11.1 Å². The molecule has 0 radical (unpaired) electrons. The highest BCUT2D eigenvalue weighted by Gasteiger charge is 2.52. The van der Waals surface area contributed by atoms with Crippen LogP contribution in [0.3, 0.4) is 0 Å². The summed E-state index contributed by atoms with van der Waals surface area (Å²) in [6.45, 7) is 2.16. The number of rotatable bonds is 7. The summed E-state index contributed by atoms with van der Waals surface area (Å²) in [5.74, 6) is -3.45. The molecule has 0 atom stereocenters. The van der Waals surface area contributed by atoms with E-state index < -0.39 is 34.8 Å². The fourth-order valence-corrected chi connectivity index (χ4v) is 6.94. The van der Waals surface area contributed by atoms with E-state index >= 15 is 13.2 Å². The summed E-state index contributed by atoms with van der Waals surface area (Å²) >= 11 is 0. The minimum absolute atomic E-state index is 0.200. The second kappa shape index (κ2) is 11.3. The number of carboxylic acids is 1. The van der Waals surface area contributed by atoms with Gasteiger partial charge in [-0.3, -0.25) is 4.79 Å². The number of carbonyl (C=O) groups is 1. The van der Waals surface area contributed by atoms with Gasteiger partial charge in [0.1, 0.15) is 17.5 Å². The lowest BCUT2D eigenvalue weighted by molar-refractivity contribution is -0.138. The van der Waals surface area contributed by atoms with Crippen molar-refractivity contribution in [3.8, 4) is 0 Å². The van der Waals surface area contributed by atoms with Gasteiger partial charge in [0.25, 0.3) is 0 Å². The zero-order valence-electron chi connectivity index (χ0n) is 22.0. The molecular formula is C34H33F3O2. The maximum Gasteiger partial charge on any atom is 0.314 e. The van der Waals surface area contributed by atoms with Crippen LogP contribution in [0, 0.1) is 35.2 Å². The monoisotopic (exact) mass is 530 g/mol. The van der Waals surface area contributed by atoms with Crippen LogP contribution < -0.4 is 0 Å². The van der Waals surface area contributed by atoms with E-state index in [1.54, 1.807) is 66.7 Å². The summed E-state index contributed by atoms with van der Waals surface area (Å²) in [5.41, 5.74) is 0.223. The van der Waals surface area contributed by atoms with Crippen molar-refractivity contribution in [1.82, 2.24) is 0 Å². The molecule has 5 rings (SSSR count). The minimum Gasteiger partial charge on any atom is -0.481 e. The van der Waals surface area contributed by atoms with E-state index in [1.807, 2.05) is 0 Å². The molecule has 202 valence electrons. The second-order valence-corrected chi connectivity index (χ2v) is 10.8. The summed E-state index contributed by atoms with van der Waals surface area (Å²) < 4.78 is 47.3. The Labute approximate surface area is 227 Å². The molecule has 1 fully saturated rings. The molecule has 3 aromatic rings. The topological polar surface area (TPSA) is 37.3 Å². The fraction of sp³-hybridized carbons (Fsp3) is 0.324. The van der Waals surface area contributed by atoms with Crippen LogP contribution in [-0.2, 0) is 10.2 Å². The normalized spacial score (nSPS) is 25.1. The van der Waals surface area contributed by atoms with Gasteiger partial charge >= 0.3 is 5.97 Å². The fourth-order valence-electron chi connectivity index (χ4n) is 6.94. The van der Waals surface area contributed by atoms with Gasteiger partial charge in [-0.2, -0.15) is 0 Å². The molecule has 0 spiro atoms. The van der Waals surface area contributed by atoms with Crippen LogP contribution in [0.2, 0.25) is 0 Å². The summed E-state index contributed by atoms with van der Waals surface area (Å²) in [6, 6.07) is 18.8. The van der Waals surface area contributed by atoms with Gasteiger partial charge < -0.3 is 5.11 Å². The Morgan fingerprint density at radius 2 is 1.26 bits per heavy atom. The number of hydrogen-bond acceptors (Lipinski definition) is 1. The molecule has 0 amide bonds. The Morgan fingerprint density at radius 3 is 1.72 bits per heavy atom. The van der Waals surface area contributed by atoms with Crippen LogP contribution in [0.5, 0.6) is 0 Å². The Bertz CT molecular complexity index is 1350. The maximum absolute atomic E-state index is 16.0. The van der Waals surface area contributed by atoms with E-state index in [9.17, 15) is 9.90 Å². The first kappa shape index (κ1) is 27.0.